The third-order valence-corrected chi connectivity index (χ3v) is 5.65. The van der Waals surface area contributed by atoms with E-state index in [1.54, 1.807) is 6.92 Å². The number of aromatic nitrogens is 2. The van der Waals surface area contributed by atoms with Crippen molar-refractivity contribution in [3.05, 3.63) is 90.3 Å². The number of carbonyl (C=O) groups excluding carboxylic acids is 1. The highest BCUT2D eigenvalue weighted by Gasteiger charge is 2.19. The molecule has 1 atom stereocenters. The summed E-state index contributed by atoms with van der Waals surface area (Å²) in [6.45, 7) is 3.97. The molecule has 3 aromatic carbocycles. The molecule has 1 amide bonds. The normalized spacial score (nSPS) is 11.7. The van der Waals surface area contributed by atoms with Gasteiger partial charge in [0.25, 0.3) is 11.1 Å². The first-order valence-electron chi connectivity index (χ1n) is 10.2. The number of ether oxygens (including phenoxy) is 1. The van der Waals surface area contributed by atoms with Crippen LogP contribution >= 0.6 is 11.8 Å². The number of carbonyl (C=O) groups is 1. The number of aryl methyl sites for hydroxylation is 1. The van der Waals surface area contributed by atoms with Crippen molar-refractivity contribution in [2.45, 2.75) is 30.9 Å². The Labute approximate surface area is 191 Å². The predicted octanol–water partition coefficient (Wildman–Crippen LogP) is 5.74. The Kier molecular flexibility index (Phi) is 6.87. The molecular weight excluding hydrogens is 422 g/mol. The molecule has 162 valence electrons. The van der Waals surface area contributed by atoms with Crippen molar-refractivity contribution in [2.75, 3.05) is 5.32 Å². The van der Waals surface area contributed by atoms with Crippen LogP contribution in [0.4, 0.5) is 5.69 Å². The number of anilines is 1. The van der Waals surface area contributed by atoms with E-state index in [4.69, 9.17) is 9.15 Å². The number of thioether (sulfide) groups is 1. The van der Waals surface area contributed by atoms with E-state index in [1.807, 2.05) is 85.8 Å². The Bertz CT molecular complexity index is 1190. The number of benzene rings is 3. The summed E-state index contributed by atoms with van der Waals surface area (Å²) in [6.07, 6.45) is 0. The highest BCUT2D eigenvalue weighted by Crippen LogP contribution is 2.29. The van der Waals surface area contributed by atoms with Gasteiger partial charge in [0.05, 0.1) is 5.25 Å². The summed E-state index contributed by atoms with van der Waals surface area (Å²) in [4.78, 5) is 12.8. The van der Waals surface area contributed by atoms with Crippen LogP contribution in [0.1, 0.15) is 18.4 Å². The maximum Gasteiger partial charge on any atom is 0.277 e. The fourth-order valence-electron chi connectivity index (χ4n) is 3.10. The molecule has 0 bridgehead atoms. The molecule has 6 nitrogen and oxygen atoms in total. The third-order valence-electron chi connectivity index (χ3n) is 4.72. The average Bonchev–Trinajstić information content (AvgIpc) is 3.26. The molecule has 1 N–H and O–H groups in total. The number of amides is 1. The van der Waals surface area contributed by atoms with Crippen molar-refractivity contribution >= 4 is 23.4 Å². The van der Waals surface area contributed by atoms with E-state index in [1.165, 1.54) is 11.8 Å². The Balaban J connectivity index is 1.36. The lowest BCUT2D eigenvalue weighted by Gasteiger charge is -2.14. The maximum atomic E-state index is 12.8. The van der Waals surface area contributed by atoms with Gasteiger partial charge in [-0.25, -0.2) is 0 Å². The van der Waals surface area contributed by atoms with Gasteiger partial charge in [0.1, 0.15) is 5.75 Å². The van der Waals surface area contributed by atoms with E-state index < -0.39 is 5.25 Å². The predicted molar refractivity (Wildman–Crippen MR) is 126 cm³/mol. The molecule has 4 rings (SSSR count). The minimum atomic E-state index is -0.426. The molecule has 32 heavy (non-hydrogen) atoms. The van der Waals surface area contributed by atoms with Gasteiger partial charge in [-0.15, -0.1) is 10.2 Å². The van der Waals surface area contributed by atoms with Gasteiger partial charge in [0.15, 0.2) is 6.61 Å². The summed E-state index contributed by atoms with van der Waals surface area (Å²) in [5.74, 6) is 0.951. The number of nitrogens with one attached hydrogen (secondary N) is 1. The molecule has 0 radical (unpaired) electrons. The molecule has 1 heterocycles. The number of hydrogen-bond acceptors (Lipinski definition) is 6. The van der Waals surface area contributed by atoms with Crippen molar-refractivity contribution in [3.8, 4) is 16.9 Å². The van der Waals surface area contributed by atoms with Crippen molar-refractivity contribution in [2.24, 2.45) is 0 Å². The quantitative estimate of drug-likeness (QED) is 0.348. The lowest BCUT2D eigenvalue weighted by molar-refractivity contribution is -0.115. The van der Waals surface area contributed by atoms with Crippen LogP contribution in [0.3, 0.4) is 0 Å². The molecule has 0 unspecified atom stereocenters. The monoisotopic (exact) mass is 445 g/mol. The zero-order valence-electron chi connectivity index (χ0n) is 17.8. The first-order valence-corrected chi connectivity index (χ1v) is 11.1. The highest BCUT2D eigenvalue weighted by atomic mass is 32.2. The fourth-order valence-corrected chi connectivity index (χ4v) is 3.80. The van der Waals surface area contributed by atoms with Crippen LogP contribution in [-0.2, 0) is 11.4 Å². The molecule has 0 aliphatic rings. The number of hydrogen-bond donors (Lipinski definition) is 1. The van der Waals surface area contributed by atoms with E-state index in [9.17, 15) is 4.79 Å². The van der Waals surface area contributed by atoms with Crippen molar-refractivity contribution in [1.82, 2.24) is 10.2 Å². The summed E-state index contributed by atoms with van der Waals surface area (Å²) < 4.78 is 11.3. The lowest BCUT2D eigenvalue weighted by atomic mass is 10.0. The second-order valence-electron chi connectivity index (χ2n) is 7.23. The van der Waals surface area contributed by atoms with Gasteiger partial charge in [-0.1, -0.05) is 72.4 Å². The molecule has 0 spiro atoms. The summed E-state index contributed by atoms with van der Waals surface area (Å²) in [6, 6.07) is 25.4. The van der Waals surface area contributed by atoms with Crippen LogP contribution in [0.5, 0.6) is 5.75 Å². The number of rotatable bonds is 8. The van der Waals surface area contributed by atoms with Crippen molar-refractivity contribution in [3.63, 3.8) is 0 Å². The number of para-hydroxylation sites is 1. The van der Waals surface area contributed by atoms with Crippen LogP contribution in [0.2, 0.25) is 0 Å². The summed E-state index contributed by atoms with van der Waals surface area (Å²) in [5.41, 5.74) is 3.87. The van der Waals surface area contributed by atoms with Gasteiger partial charge in [-0.2, -0.15) is 0 Å². The molecule has 0 fully saturated rings. The molecule has 0 saturated carbocycles. The Morgan fingerprint density at radius 2 is 1.81 bits per heavy atom. The van der Waals surface area contributed by atoms with E-state index in [2.05, 4.69) is 15.5 Å². The van der Waals surface area contributed by atoms with Gasteiger partial charge in [-0.3, -0.25) is 4.79 Å². The standard InChI is InChI=1S/C25H23N3O3S/c1-17-9-8-12-20(15-17)30-16-23-27-28-25(31-23)32-18(2)24(29)26-22-14-7-6-13-21(22)19-10-4-3-5-11-19/h3-15,18H,16H2,1-2H3,(H,26,29)/t18-/m0/s1. The average molecular weight is 446 g/mol. The molecular formula is C25H23N3O3S. The molecule has 7 heteroatoms. The van der Waals surface area contributed by atoms with Crippen molar-refractivity contribution in [1.29, 1.82) is 0 Å². The van der Waals surface area contributed by atoms with Crippen molar-refractivity contribution < 1.29 is 13.9 Å². The topological polar surface area (TPSA) is 77.2 Å². The van der Waals surface area contributed by atoms with Gasteiger partial charge in [0, 0.05) is 11.3 Å². The van der Waals surface area contributed by atoms with Crippen LogP contribution in [0.15, 0.2) is 88.5 Å². The lowest BCUT2D eigenvalue weighted by Crippen LogP contribution is -2.22. The molecule has 0 aliphatic heterocycles. The second-order valence-corrected chi connectivity index (χ2v) is 8.52. The van der Waals surface area contributed by atoms with Gasteiger partial charge < -0.3 is 14.5 Å². The molecule has 4 aromatic rings. The minimum Gasteiger partial charge on any atom is -0.484 e. The summed E-state index contributed by atoms with van der Waals surface area (Å²) >= 11 is 1.21. The molecule has 1 aromatic heterocycles. The Hall–Kier alpha value is -3.58. The van der Waals surface area contributed by atoms with Gasteiger partial charge in [-0.05, 0) is 43.2 Å². The summed E-state index contributed by atoms with van der Waals surface area (Å²) in [5, 5.41) is 10.9. The maximum absolute atomic E-state index is 12.8. The van der Waals surface area contributed by atoms with Crippen LogP contribution in [-0.4, -0.2) is 21.4 Å². The smallest absolute Gasteiger partial charge is 0.277 e. The van der Waals surface area contributed by atoms with E-state index >= 15 is 0 Å². The van der Waals surface area contributed by atoms with E-state index in [0.717, 1.165) is 28.1 Å². The molecule has 0 saturated heterocycles. The zero-order chi connectivity index (χ0) is 22.3. The second kappa shape index (κ2) is 10.2. The first kappa shape index (κ1) is 21.6. The minimum absolute atomic E-state index is 0.144. The fraction of sp³-hybridized carbons (Fsp3) is 0.160. The van der Waals surface area contributed by atoms with E-state index in [-0.39, 0.29) is 12.5 Å². The third kappa shape index (κ3) is 5.56. The largest absolute Gasteiger partial charge is 0.484 e. The van der Waals surface area contributed by atoms with Gasteiger partial charge >= 0.3 is 0 Å². The Morgan fingerprint density at radius 3 is 2.62 bits per heavy atom. The van der Waals surface area contributed by atoms with Crippen LogP contribution < -0.4 is 10.1 Å². The summed E-state index contributed by atoms with van der Waals surface area (Å²) in [7, 11) is 0. The highest BCUT2D eigenvalue weighted by molar-refractivity contribution is 8.00. The SMILES string of the molecule is Cc1cccc(OCc2nnc(S[C@@H](C)C(=O)Nc3ccccc3-c3ccccc3)o2)c1. The first-order chi connectivity index (χ1) is 15.6. The van der Waals surface area contributed by atoms with Crippen LogP contribution in [0.25, 0.3) is 11.1 Å². The van der Waals surface area contributed by atoms with E-state index in [0.29, 0.717) is 11.1 Å². The zero-order valence-corrected chi connectivity index (χ0v) is 18.6. The Morgan fingerprint density at radius 1 is 1.03 bits per heavy atom. The van der Waals surface area contributed by atoms with Crippen LogP contribution in [0, 0.1) is 6.92 Å². The number of nitrogens with zero attached hydrogens (tertiary/aromatic N) is 2. The molecule has 0 aliphatic carbocycles. The van der Waals surface area contributed by atoms with Gasteiger partial charge in [0.2, 0.25) is 5.91 Å².